The number of anilines is 1. The fraction of sp³-hybridized carbons (Fsp3) is 0.444. The summed E-state index contributed by atoms with van der Waals surface area (Å²) in [7, 11) is -0.910. The molecule has 1 unspecified atom stereocenters. The highest BCUT2D eigenvalue weighted by Gasteiger charge is 2.30. The second-order valence-corrected chi connectivity index (χ2v) is 8.03. The summed E-state index contributed by atoms with van der Waals surface area (Å²) in [5.41, 5.74) is 2.69. The van der Waals surface area contributed by atoms with Crippen molar-refractivity contribution < 1.29 is 9.00 Å². The zero-order chi connectivity index (χ0) is 16.5. The molecule has 0 bridgehead atoms. The highest BCUT2D eigenvalue weighted by Crippen LogP contribution is 2.32. The fourth-order valence-corrected chi connectivity index (χ4v) is 4.86. The molecule has 1 fully saturated rings. The summed E-state index contributed by atoms with van der Waals surface area (Å²) in [6, 6.07) is 9.79. The Hall–Kier alpha value is -1.95. The first-order valence-electron chi connectivity index (χ1n) is 8.54. The summed E-state index contributed by atoms with van der Waals surface area (Å²) >= 11 is 0. The van der Waals surface area contributed by atoms with E-state index in [9.17, 15) is 9.00 Å². The third-order valence-electron chi connectivity index (χ3n) is 4.89. The number of carbonyl (C=O) groups excluding carboxylic acids is 1. The maximum absolute atomic E-state index is 12.7. The van der Waals surface area contributed by atoms with Crippen molar-refractivity contribution in [2.75, 3.05) is 5.32 Å². The maximum Gasteiger partial charge on any atom is 0.228 e. The van der Waals surface area contributed by atoms with E-state index in [0.29, 0.717) is 17.3 Å². The predicted octanol–water partition coefficient (Wildman–Crippen LogP) is 3.15. The minimum absolute atomic E-state index is 0.0762. The van der Waals surface area contributed by atoms with Gasteiger partial charge in [-0.1, -0.05) is 37.5 Å². The number of hydrogen-bond acceptors (Lipinski definition) is 3. The number of carbonyl (C=O) groups is 1. The van der Waals surface area contributed by atoms with Crippen LogP contribution < -0.4 is 5.32 Å². The highest BCUT2D eigenvalue weighted by molar-refractivity contribution is 7.83. The normalized spacial score (nSPS) is 20.8. The van der Waals surface area contributed by atoms with E-state index in [1.807, 2.05) is 30.3 Å². The molecule has 2 aromatic rings. The summed E-state index contributed by atoms with van der Waals surface area (Å²) in [5, 5.41) is 7.73. The lowest BCUT2D eigenvalue weighted by molar-refractivity contribution is -0.120. The first kappa shape index (κ1) is 15.6. The lowest BCUT2D eigenvalue weighted by Crippen LogP contribution is -2.26. The molecule has 0 radical (unpaired) electrons. The average Bonchev–Trinajstić information content (AvgIpc) is 3.13. The van der Waals surface area contributed by atoms with Gasteiger partial charge in [0.15, 0.2) is 0 Å². The van der Waals surface area contributed by atoms with Crippen molar-refractivity contribution in [1.82, 2.24) is 9.78 Å². The van der Waals surface area contributed by atoms with E-state index in [4.69, 9.17) is 0 Å². The Morgan fingerprint density at radius 3 is 2.62 bits per heavy atom. The zero-order valence-corrected chi connectivity index (χ0v) is 14.3. The third kappa shape index (κ3) is 2.90. The Labute approximate surface area is 143 Å². The van der Waals surface area contributed by atoms with Gasteiger partial charge in [-0.25, -0.2) is 4.68 Å². The quantitative estimate of drug-likeness (QED) is 0.931. The molecule has 1 saturated carbocycles. The number of nitrogens with one attached hydrogen (secondary N) is 1. The van der Waals surface area contributed by atoms with Gasteiger partial charge in [-0.05, 0) is 25.0 Å². The number of benzene rings is 1. The molecule has 4 rings (SSSR count). The molecule has 1 aliphatic carbocycles. The summed E-state index contributed by atoms with van der Waals surface area (Å²) in [4.78, 5) is 12.7. The summed E-state index contributed by atoms with van der Waals surface area (Å²) < 4.78 is 13.7. The van der Waals surface area contributed by atoms with Gasteiger partial charge in [0.05, 0.1) is 22.9 Å². The molecule has 1 aromatic carbocycles. The molecule has 24 heavy (non-hydrogen) atoms. The van der Waals surface area contributed by atoms with E-state index in [2.05, 4.69) is 10.4 Å². The van der Waals surface area contributed by atoms with Crippen molar-refractivity contribution in [3.8, 4) is 5.69 Å². The Balaban J connectivity index is 1.68. The van der Waals surface area contributed by atoms with Gasteiger partial charge < -0.3 is 5.32 Å². The van der Waals surface area contributed by atoms with Crippen LogP contribution in [-0.4, -0.2) is 19.9 Å². The van der Waals surface area contributed by atoms with Crippen molar-refractivity contribution in [1.29, 1.82) is 0 Å². The standard InChI is InChI=1S/C18H21N3O2S/c22-18(13-7-3-1-4-8-13)19-17-15-11-24(23)12-16(15)20-21(17)14-9-5-2-6-10-14/h2,5-6,9-10,13H,1,3-4,7-8,11-12H2,(H,19,22). The number of nitrogens with zero attached hydrogens (tertiary/aromatic N) is 2. The number of amides is 1. The molecule has 5 nitrogen and oxygen atoms in total. The molecule has 2 aliphatic rings. The fourth-order valence-electron chi connectivity index (χ4n) is 3.60. The largest absolute Gasteiger partial charge is 0.310 e. The van der Waals surface area contributed by atoms with Crippen LogP contribution in [0.25, 0.3) is 5.69 Å². The summed E-state index contributed by atoms with van der Waals surface area (Å²) in [6.07, 6.45) is 5.38. The van der Waals surface area contributed by atoms with Crippen LogP contribution in [0.2, 0.25) is 0 Å². The van der Waals surface area contributed by atoms with Crippen molar-refractivity contribution >= 4 is 22.5 Å². The van der Waals surface area contributed by atoms with Crippen LogP contribution in [0, 0.1) is 5.92 Å². The second kappa shape index (κ2) is 6.51. The highest BCUT2D eigenvalue weighted by atomic mass is 32.2. The topological polar surface area (TPSA) is 64.0 Å². The monoisotopic (exact) mass is 343 g/mol. The van der Waals surface area contributed by atoms with Gasteiger partial charge in [-0.3, -0.25) is 9.00 Å². The van der Waals surface area contributed by atoms with Crippen LogP contribution in [0.15, 0.2) is 30.3 Å². The van der Waals surface area contributed by atoms with Gasteiger partial charge in [0.2, 0.25) is 5.91 Å². The van der Waals surface area contributed by atoms with E-state index in [1.165, 1.54) is 6.42 Å². The van der Waals surface area contributed by atoms with E-state index in [-0.39, 0.29) is 11.8 Å². The van der Waals surface area contributed by atoms with Crippen LogP contribution >= 0.6 is 0 Å². The Morgan fingerprint density at radius 2 is 1.88 bits per heavy atom. The van der Waals surface area contributed by atoms with Crippen molar-refractivity contribution in [2.45, 2.75) is 43.6 Å². The van der Waals surface area contributed by atoms with Crippen LogP contribution in [0.3, 0.4) is 0 Å². The molecular weight excluding hydrogens is 322 g/mol. The zero-order valence-electron chi connectivity index (χ0n) is 13.5. The molecular formula is C18H21N3O2S. The van der Waals surface area contributed by atoms with Crippen LogP contribution in [0.1, 0.15) is 43.4 Å². The average molecular weight is 343 g/mol. The van der Waals surface area contributed by atoms with Gasteiger partial charge >= 0.3 is 0 Å². The van der Waals surface area contributed by atoms with Crippen LogP contribution in [0.4, 0.5) is 5.82 Å². The van der Waals surface area contributed by atoms with Gasteiger partial charge in [0, 0.05) is 22.3 Å². The lowest BCUT2D eigenvalue weighted by Gasteiger charge is -2.21. The smallest absolute Gasteiger partial charge is 0.228 e. The third-order valence-corrected chi connectivity index (χ3v) is 6.09. The Morgan fingerprint density at radius 1 is 1.12 bits per heavy atom. The molecule has 0 spiro atoms. The second-order valence-electron chi connectivity index (χ2n) is 6.57. The number of fused-ring (bicyclic) bond motifs is 1. The molecule has 126 valence electrons. The lowest BCUT2D eigenvalue weighted by atomic mass is 9.88. The Bertz CT molecular complexity index is 779. The molecule has 1 aliphatic heterocycles. The first-order valence-corrected chi connectivity index (χ1v) is 10.0. The molecule has 1 amide bonds. The SMILES string of the molecule is O=C(Nc1c2c(nn1-c1ccccc1)CS(=O)C2)C1CCCCC1. The van der Waals surface area contributed by atoms with Crippen LogP contribution in [-0.2, 0) is 27.1 Å². The summed E-state index contributed by atoms with van der Waals surface area (Å²) in [6.45, 7) is 0. The molecule has 1 N–H and O–H groups in total. The molecule has 6 heteroatoms. The van der Waals surface area contributed by atoms with E-state index < -0.39 is 10.8 Å². The molecule has 0 saturated heterocycles. The number of para-hydroxylation sites is 1. The van der Waals surface area contributed by atoms with Crippen LogP contribution in [0.5, 0.6) is 0 Å². The first-order chi connectivity index (χ1) is 11.7. The summed E-state index contributed by atoms with van der Waals surface area (Å²) in [5.74, 6) is 1.81. The van der Waals surface area contributed by atoms with Gasteiger partial charge in [0.1, 0.15) is 5.82 Å². The van der Waals surface area contributed by atoms with Gasteiger partial charge in [-0.15, -0.1) is 0 Å². The minimum Gasteiger partial charge on any atom is -0.310 e. The number of hydrogen-bond donors (Lipinski definition) is 1. The van der Waals surface area contributed by atoms with Gasteiger partial charge in [0.25, 0.3) is 0 Å². The van der Waals surface area contributed by atoms with E-state index in [0.717, 1.165) is 42.6 Å². The van der Waals surface area contributed by atoms with Crippen molar-refractivity contribution in [3.05, 3.63) is 41.6 Å². The number of aromatic nitrogens is 2. The van der Waals surface area contributed by atoms with E-state index >= 15 is 0 Å². The Kier molecular flexibility index (Phi) is 4.22. The number of rotatable bonds is 3. The van der Waals surface area contributed by atoms with Crippen molar-refractivity contribution in [3.63, 3.8) is 0 Å². The molecule has 1 atom stereocenters. The molecule has 1 aromatic heterocycles. The van der Waals surface area contributed by atoms with Crippen molar-refractivity contribution in [2.24, 2.45) is 5.92 Å². The minimum atomic E-state index is -0.910. The van der Waals surface area contributed by atoms with E-state index in [1.54, 1.807) is 4.68 Å². The maximum atomic E-state index is 12.7. The molecule has 2 heterocycles. The predicted molar refractivity (Wildman–Crippen MR) is 94.3 cm³/mol. The van der Waals surface area contributed by atoms with Gasteiger partial charge in [-0.2, -0.15) is 5.10 Å².